The lowest BCUT2D eigenvalue weighted by Crippen LogP contribution is -2.49. The molecule has 1 saturated carbocycles. The van der Waals surface area contributed by atoms with Gasteiger partial charge in [-0.3, -0.25) is 9.69 Å². The fourth-order valence-corrected chi connectivity index (χ4v) is 6.82. The SMILES string of the molecule is CCCn1c(CCC(=O)N2CCN(CC3CC3)CC2)nc2cc(S(=O)(=O)N3CCCC3)ccc21. The number of nitrogens with zero attached hydrogens (tertiary/aromatic N) is 5. The average Bonchev–Trinajstić information content (AvgIpc) is 3.33. The lowest BCUT2D eigenvalue weighted by atomic mass is 10.2. The average molecular weight is 488 g/mol. The molecule has 34 heavy (non-hydrogen) atoms. The third kappa shape index (κ3) is 5.02. The monoisotopic (exact) mass is 487 g/mol. The first-order valence-corrected chi connectivity index (χ1v) is 14.4. The standard InChI is InChI=1S/C25H37N5O3S/c1-2-11-30-23-8-7-21(34(32,33)29-12-3-4-13-29)18-22(23)26-24(30)9-10-25(31)28-16-14-27(15-17-28)19-20-5-6-20/h7-8,18,20H,2-6,9-17,19H2,1H3. The van der Waals surface area contributed by atoms with Gasteiger partial charge in [0.15, 0.2) is 0 Å². The van der Waals surface area contributed by atoms with Crippen molar-refractivity contribution in [2.24, 2.45) is 5.92 Å². The second-order valence-corrected chi connectivity index (χ2v) is 12.0. The molecule has 0 spiro atoms. The highest BCUT2D eigenvalue weighted by atomic mass is 32.2. The van der Waals surface area contributed by atoms with E-state index in [1.165, 1.54) is 19.4 Å². The zero-order valence-corrected chi connectivity index (χ0v) is 21.1. The van der Waals surface area contributed by atoms with Gasteiger partial charge in [0.05, 0.1) is 15.9 Å². The van der Waals surface area contributed by atoms with E-state index in [9.17, 15) is 13.2 Å². The predicted octanol–water partition coefficient (Wildman–Crippen LogP) is 2.72. The molecule has 186 valence electrons. The first kappa shape index (κ1) is 23.8. The van der Waals surface area contributed by atoms with Crippen molar-refractivity contribution in [2.75, 3.05) is 45.8 Å². The Hall–Kier alpha value is -1.97. The van der Waals surface area contributed by atoms with Gasteiger partial charge in [0.1, 0.15) is 5.82 Å². The van der Waals surface area contributed by atoms with Crippen LogP contribution in [0.15, 0.2) is 23.1 Å². The molecule has 3 heterocycles. The van der Waals surface area contributed by atoms with Gasteiger partial charge in [-0.05, 0) is 56.2 Å². The minimum atomic E-state index is -3.48. The number of aryl methyl sites for hydroxylation is 2. The maximum atomic E-state index is 13.0. The summed E-state index contributed by atoms with van der Waals surface area (Å²) in [6.45, 7) is 8.88. The molecule has 1 aromatic heterocycles. The topological polar surface area (TPSA) is 78.8 Å². The second-order valence-electron chi connectivity index (χ2n) is 10.1. The Morgan fingerprint density at radius 2 is 1.79 bits per heavy atom. The third-order valence-corrected chi connectivity index (χ3v) is 9.34. The van der Waals surface area contributed by atoms with Gasteiger partial charge in [0.25, 0.3) is 0 Å². The van der Waals surface area contributed by atoms with Crippen LogP contribution >= 0.6 is 0 Å². The summed E-state index contributed by atoms with van der Waals surface area (Å²) >= 11 is 0. The molecular weight excluding hydrogens is 450 g/mol. The molecule has 8 nitrogen and oxygen atoms in total. The van der Waals surface area contributed by atoms with Gasteiger partial charge in [-0.15, -0.1) is 0 Å². The van der Waals surface area contributed by atoms with Crippen LogP contribution in [0, 0.1) is 5.92 Å². The molecule has 1 aromatic carbocycles. The van der Waals surface area contributed by atoms with Gasteiger partial charge in [-0.1, -0.05) is 6.92 Å². The van der Waals surface area contributed by atoms with Crippen molar-refractivity contribution in [3.63, 3.8) is 0 Å². The summed E-state index contributed by atoms with van der Waals surface area (Å²) < 4.78 is 29.7. The zero-order chi connectivity index (χ0) is 23.7. The van der Waals surface area contributed by atoms with Crippen LogP contribution < -0.4 is 0 Å². The number of hydrogen-bond acceptors (Lipinski definition) is 5. The van der Waals surface area contributed by atoms with Gasteiger partial charge in [-0.2, -0.15) is 4.31 Å². The number of rotatable bonds is 9. The second kappa shape index (κ2) is 9.95. The number of sulfonamides is 1. The summed E-state index contributed by atoms with van der Waals surface area (Å²) in [6.07, 6.45) is 6.52. The van der Waals surface area contributed by atoms with E-state index in [-0.39, 0.29) is 5.91 Å². The number of hydrogen-bond donors (Lipinski definition) is 0. The van der Waals surface area contributed by atoms with Crippen LogP contribution in [-0.4, -0.2) is 83.8 Å². The molecule has 2 saturated heterocycles. The number of piperazine rings is 1. The van der Waals surface area contributed by atoms with E-state index in [0.29, 0.717) is 36.3 Å². The number of carbonyl (C=O) groups is 1. The number of imidazole rings is 1. The van der Waals surface area contributed by atoms with Gasteiger partial charge in [0, 0.05) is 65.2 Å². The normalized spacial score (nSPS) is 20.4. The van der Waals surface area contributed by atoms with Crippen LogP contribution in [-0.2, 0) is 27.8 Å². The summed E-state index contributed by atoms with van der Waals surface area (Å²) in [5.74, 6) is 1.95. The maximum Gasteiger partial charge on any atom is 0.243 e. The van der Waals surface area contributed by atoms with E-state index in [2.05, 4.69) is 16.4 Å². The summed E-state index contributed by atoms with van der Waals surface area (Å²) in [5.41, 5.74) is 1.64. The Morgan fingerprint density at radius 3 is 2.47 bits per heavy atom. The Morgan fingerprint density at radius 1 is 1.06 bits per heavy atom. The number of carbonyl (C=O) groups excluding carboxylic acids is 1. The molecule has 0 bridgehead atoms. The number of aromatic nitrogens is 2. The van der Waals surface area contributed by atoms with Crippen molar-refractivity contribution < 1.29 is 13.2 Å². The van der Waals surface area contributed by atoms with E-state index in [0.717, 1.165) is 69.2 Å². The van der Waals surface area contributed by atoms with Crippen molar-refractivity contribution >= 4 is 27.0 Å². The Labute approximate surface area is 203 Å². The highest BCUT2D eigenvalue weighted by Gasteiger charge is 2.29. The van der Waals surface area contributed by atoms with Crippen LogP contribution in [0.2, 0.25) is 0 Å². The molecule has 0 radical (unpaired) electrons. The molecule has 9 heteroatoms. The Kier molecular flexibility index (Phi) is 6.95. The van der Waals surface area contributed by atoms with Crippen molar-refractivity contribution in [1.82, 2.24) is 23.7 Å². The van der Waals surface area contributed by atoms with E-state index in [1.807, 2.05) is 11.0 Å². The number of amides is 1. The van der Waals surface area contributed by atoms with Crippen LogP contribution in [0.4, 0.5) is 0 Å². The van der Waals surface area contributed by atoms with E-state index in [4.69, 9.17) is 4.98 Å². The van der Waals surface area contributed by atoms with E-state index < -0.39 is 10.0 Å². The van der Waals surface area contributed by atoms with Crippen LogP contribution in [0.3, 0.4) is 0 Å². The molecule has 0 atom stereocenters. The Balaban J connectivity index is 1.27. The third-order valence-electron chi connectivity index (χ3n) is 7.45. The summed E-state index contributed by atoms with van der Waals surface area (Å²) in [7, 11) is -3.48. The van der Waals surface area contributed by atoms with Crippen LogP contribution in [0.25, 0.3) is 11.0 Å². The summed E-state index contributed by atoms with van der Waals surface area (Å²) in [5, 5.41) is 0. The molecule has 2 aliphatic heterocycles. The fourth-order valence-electron chi connectivity index (χ4n) is 5.28. The highest BCUT2D eigenvalue weighted by molar-refractivity contribution is 7.89. The van der Waals surface area contributed by atoms with Crippen molar-refractivity contribution in [3.05, 3.63) is 24.0 Å². The molecule has 1 aliphatic carbocycles. The molecule has 0 unspecified atom stereocenters. The molecule has 2 aromatic rings. The highest BCUT2D eigenvalue weighted by Crippen LogP contribution is 2.30. The number of fused-ring (bicyclic) bond motifs is 1. The minimum absolute atomic E-state index is 0.193. The predicted molar refractivity (Wildman–Crippen MR) is 132 cm³/mol. The smallest absolute Gasteiger partial charge is 0.243 e. The quantitative estimate of drug-likeness (QED) is 0.544. The van der Waals surface area contributed by atoms with Gasteiger partial charge in [-0.25, -0.2) is 13.4 Å². The van der Waals surface area contributed by atoms with Gasteiger partial charge in [0.2, 0.25) is 15.9 Å². The number of benzene rings is 1. The fraction of sp³-hybridized carbons (Fsp3) is 0.680. The van der Waals surface area contributed by atoms with E-state index >= 15 is 0 Å². The molecule has 5 rings (SSSR count). The summed E-state index contributed by atoms with van der Waals surface area (Å²) in [6, 6.07) is 5.30. The molecule has 3 aliphatic rings. The molecule has 1 amide bonds. The van der Waals surface area contributed by atoms with Gasteiger partial charge < -0.3 is 9.47 Å². The maximum absolute atomic E-state index is 13.0. The largest absolute Gasteiger partial charge is 0.340 e. The lowest BCUT2D eigenvalue weighted by Gasteiger charge is -2.34. The minimum Gasteiger partial charge on any atom is -0.340 e. The lowest BCUT2D eigenvalue weighted by molar-refractivity contribution is -0.132. The zero-order valence-electron chi connectivity index (χ0n) is 20.3. The molecule has 3 fully saturated rings. The summed E-state index contributed by atoms with van der Waals surface area (Å²) in [4.78, 5) is 22.5. The first-order chi connectivity index (χ1) is 16.5. The van der Waals surface area contributed by atoms with Crippen LogP contribution in [0.5, 0.6) is 0 Å². The van der Waals surface area contributed by atoms with E-state index in [1.54, 1.807) is 16.4 Å². The van der Waals surface area contributed by atoms with Crippen molar-refractivity contribution in [3.8, 4) is 0 Å². The van der Waals surface area contributed by atoms with Gasteiger partial charge >= 0.3 is 0 Å². The van der Waals surface area contributed by atoms with Crippen molar-refractivity contribution in [2.45, 2.75) is 63.3 Å². The Bertz CT molecular complexity index is 1130. The van der Waals surface area contributed by atoms with Crippen LogP contribution in [0.1, 0.15) is 51.3 Å². The molecule has 0 N–H and O–H groups in total. The first-order valence-electron chi connectivity index (χ1n) is 12.9. The van der Waals surface area contributed by atoms with Crippen molar-refractivity contribution in [1.29, 1.82) is 0 Å². The molecular formula is C25H37N5O3S.